The van der Waals surface area contributed by atoms with E-state index in [1.165, 1.54) is 6.26 Å². The Bertz CT molecular complexity index is 1550. The van der Waals surface area contributed by atoms with Crippen molar-refractivity contribution < 1.29 is 14.3 Å². The van der Waals surface area contributed by atoms with Crippen molar-refractivity contribution in [3.8, 4) is 22.6 Å². The van der Waals surface area contributed by atoms with Crippen molar-refractivity contribution in [2.24, 2.45) is 5.92 Å². The zero-order valence-electron chi connectivity index (χ0n) is 19.4. The number of phenols is 1. The van der Waals surface area contributed by atoms with Gasteiger partial charge in [0.1, 0.15) is 23.3 Å². The molecule has 0 saturated carbocycles. The molecule has 2 aromatic carbocycles. The van der Waals surface area contributed by atoms with Gasteiger partial charge in [-0.05, 0) is 36.6 Å². The first-order valence-electron chi connectivity index (χ1n) is 11.9. The van der Waals surface area contributed by atoms with Gasteiger partial charge in [0.05, 0.1) is 23.6 Å². The number of piperidine rings is 1. The molecule has 2 atom stereocenters. The van der Waals surface area contributed by atoms with Crippen LogP contribution in [0.3, 0.4) is 0 Å². The number of rotatable bonds is 4. The second-order valence-electron chi connectivity index (χ2n) is 9.51. The molecule has 35 heavy (non-hydrogen) atoms. The Morgan fingerprint density at radius 1 is 1.00 bits per heavy atom. The van der Waals surface area contributed by atoms with Gasteiger partial charge in [-0.25, -0.2) is 0 Å². The Hall–Kier alpha value is -3.84. The maximum Gasteiger partial charge on any atom is 0.250 e. The molecular weight excluding hydrogens is 444 g/mol. The number of hydrogen-bond acceptors (Lipinski definition) is 6. The van der Waals surface area contributed by atoms with Crippen molar-refractivity contribution in [1.82, 2.24) is 9.47 Å². The lowest BCUT2D eigenvalue weighted by atomic mass is 9.83. The molecule has 178 valence electrons. The maximum absolute atomic E-state index is 13.4. The van der Waals surface area contributed by atoms with Crippen molar-refractivity contribution in [3.63, 3.8) is 0 Å². The van der Waals surface area contributed by atoms with Gasteiger partial charge in [-0.2, -0.15) is 0 Å². The highest BCUT2D eigenvalue weighted by Gasteiger charge is 2.35. The van der Waals surface area contributed by atoms with Crippen molar-refractivity contribution in [2.45, 2.75) is 25.4 Å². The van der Waals surface area contributed by atoms with Crippen LogP contribution in [0.5, 0.6) is 11.5 Å². The zero-order valence-corrected chi connectivity index (χ0v) is 19.4. The van der Waals surface area contributed by atoms with Crippen LogP contribution in [-0.4, -0.2) is 34.8 Å². The second-order valence-corrected chi connectivity index (χ2v) is 9.51. The topological polar surface area (TPSA) is 84.9 Å². The highest BCUT2D eigenvalue weighted by Crippen LogP contribution is 2.37. The smallest absolute Gasteiger partial charge is 0.250 e. The number of methoxy groups -OCH3 is 1. The van der Waals surface area contributed by atoms with Crippen molar-refractivity contribution >= 4 is 11.0 Å². The van der Waals surface area contributed by atoms with E-state index in [1.807, 2.05) is 34.9 Å². The Balaban J connectivity index is 1.36. The lowest BCUT2D eigenvalue weighted by Gasteiger charge is -2.42. The zero-order chi connectivity index (χ0) is 24.1. The van der Waals surface area contributed by atoms with Crippen LogP contribution in [0, 0.1) is 5.92 Å². The van der Waals surface area contributed by atoms with E-state index < -0.39 is 0 Å². The van der Waals surface area contributed by atoms with Crippen LogP contribution < -0.4 is 15.7 Å². The van der Waals surface area contributed by atoms with Gasteiger partial charge in [-0.3, -0.25) is 14.5 Å². The molecule has 7 nitrogen and oxygen atoms in total. The number of aromatic hydroxyl groups is 1. The van der Waals surface area contributed by atoms with Crippen LogP contribution >= 0.6 is 0 Å². The number of ether oxygens (including phenoxy) is 1. The van der Waals surface area contributed by atoms with Gasteiger partial charge in [0, 0.05) is 49.4 Å². The maximum atomic E-state index is 13.4. The average Bonchev–Trinajstić information content (AvgIpc) is 2.87. The average molecular weight is 471 g/mol. The Morgan fingerprint density at radius 3 is 2.71 bits per heavy atom. The summed E-state index contributed by atoms with van der Waals surface area (Å²) >= 11 is 0. The van der Waals surface area contributed by atoms with Gasteiger partial charge in [0.25, 0.3) is 5.56 Å². The molecule has 0 radical (unpaired) electrons. The molecule has 6 rings (SSSR count). The summed E-state index contributed by atoms with van der Waals surface area (Å²) in [7, 11) is 1.57. The Morgan fingerprint density at radius 2 is 1.86 bits per heavy atom. The molecule has 0 amide bonds. The normalized spacial score (nSPS) is 19.5. The summed E-state index contributed by atoms with van der Waals surface area (Å²) in [5.74, 6) is 1.33. The monoisotopic (exact) mass is 470 g/mol. The highest BCUT2D eigenvalue weighted by atomic mass is 16.5. The SMILES string of the molecule is COc1ccccc1-c1coc2c(CN3C[C@@H]4C[C@@H](C3)c3cccc(=O)n3C4)c(O)ccc2c1=O. The van der Waals surface area contributed by atoms with E-state index in [1.54, 1.807) is 31.4 Å². The highest BCUT2D eigenvalue weighted by molar-refractivity contribution is 5.86. The van der Waals surface area contributed by atoms with Crippen LogP contribution in [0.2, 0.25) is 0 Å². The lowest BCUT2D eigenvalue weighted by molar-refractivity contribution is 0.113. The van der Waals surface area contributed by atoms with E-state index in [0.717, 1.165) is 25.2 Å². The first-order chi connectivity index (χ1) is 17.0. The van der Waals surface area contributed by atoms with Gasteiger partial charge in [-0.15, -0.1) is 0 Å². The minimum atomic E-state index is -0.166. The number of benzene rings is 2. The molecule has 2 aliphatic rings. The molecule has 0 aliphatic carbocycles. The fourth-order valence-corrected chi connectivity index (χ4v) is 5.80. The van der Waals surface area contributed by atoms with Gasteiger partial charge < -0.3 is 18.8 Å². The van der Waals surface area contributed by atoms with Crippen molar-refractivity contribution in [3.05, 3.63) is 92.7 Å². The van der Waals surface area contributed by atoms with Gasteiger partial charge in [-0.1, -0.05) is 24.3 Å². The molecule has 1 fully saturated rings. The number of hydrogen-bond donors (Lipinski definition) is 1. The van der Waals surface area contributed by atoms with E-state index in [4.69, 9.17) is 9.15 Å². The fraction of sp³-hybridized carbons (Fsp3) is 0.286. The predicted octanol–water partition coefficient (Wildman–Crippen LogP) is 3.96. The summed E-state index contributed by atoms with van der Waals surface area (Å²) in [5.41, 5.74) is 3.07. The number of para-hydroxylation sites is 1. The largest absolute Gasteiger partial charge is 0.507 e. The molecule has 0 spiro atoms. The lowest BCUT2D eigenvalue weighted by Crippen LogP contribution is -2.46. The molecular formula is C28H26N2O5. The molecule has 0 unspecified atom stereocenters. The molecule has 1 N–H and O–H groups in total. The number of phenolic OH excluding ortho intramolecular Hbond substituents is 1. The first kappa shape index (κ1) is 21.7. The van der Waals surface area contributed by atoms with Gasteiger partial charge in [0.15, 0.2) is 0 Å². The minimum Gasteiger partial charge on any atom is -0.507 e. The molecule has 2 bridgehead atoms. The van der Waals surface area contributed by atoms with Gasteiger partial charge in [0.2, 0.25) is 5.43 Å². The standard InChI is InChI=1S/C28H26N2O5/c1-34-25-7-3-2-5-19(25)22-16-35-28-20(27(22)33)9-10-24(31)21(28)15-29-12-17-11-18(14-29)23-6-4-8-26(32)30(23)13-17/h2-10,16-18,31H,11-15H2,1H3/t17-,18-/m0/s1. The third-order valence-corrected chi connectivity index (χ3v) is 7.35. The predicted molar refractivity (Wildman–Crippen MR) is 133 cm³/mol. The molecule has 4 heterocycles. The third-order valence-electron chi connectivity index (χ3n) is 7.35. The molecule has 2 aromatic heterocycles. The quantitative estimate of drug-likeness (QED) is 0.486. The number of aromatic nitrogens is 1. The number of pyridine rings is 1. The molecule has 7 heteroatoms. The third kappa shape index (κ3) is 3.63. The first-order valence-corrected chi connectivity index (χ1v) is 11.9. The van der Waals surface area contributed by atoms with Crippen molar-refractivity contribution in [1.29, 1.82) is 0 Å². The van der Waals surface area contributed by atoms with E-state index >= 15 is 0 Å². The van der Waals surface area contributed by atoms with Crippen LogP contribution in [-0.2, 0) is 13.1 Å². The van der Waals surface area contributed by atoms with E-state index in [9.17, 15) is 14.7 Å². The number of nitrogens with zero attached hydrogens (tertiary/aromatic N) is 2. The second kappa shape index (κ2) is 8.43. The van der Waals surface area contributed by atoms with Gasteiger partial charge >= 0.3 is 0 Å². The van der Waals surface area contributed by atoms with E-state index in [0.29, 0.717) is 52.4 Å². The van der Waals surface area contributed by atoms with E-state index in [2.05, 4.69) is 4.90 Å². The summed E-state index contributed by atoms with van der Waals surface area (Å²) in [4.78, 5) is 28.1. The molecule has 1 saturated heterocycles. The summed E-state index contributed by atoms with van der Waals surface area (Å²) < 4.78 is 13.3. The molecule has 4 aromatic rings. The fourth-order valence-electron chi connectivity index (χ4n) is 5.80. The molecule has 2 aliphatic heterocycles. The van der Waals surface area contributed by atoms with E-state index in [-0.39, 0.29) is 22.7 Å². The van der Waals surface area contributed by atoms with Crippen LogP contribution in [0.25, 0.3) is 22.1 Å². The Labute approximate surface area is 201 Å². The van der Waals surface area contributed by atoms with Crippen LogP contribution in [0.4, 0.5) is 0 Å². The Kier molecular flexibility index (Phi) is 5.22. The summed E-state index contributed by atoms with van der Waals surface area (Å²) in [6.45, 7) is 2.76. The van der Waals surface area contributed by atoms with Crippen LogP contribution in [0.15, 0.2) is 74.9 Å². The summed E-state index contributed by atoms with van der Waals surface area (Å²) in [5, 5.41) is 11.2. The summed E-state index contributed by atoms with van der Waals surface area (Å²) in [6, 6.07) is 16.0. The summed E-state index contributed by atoms with van der Waals surface area (Å²) in [6.07, 6.45) is 2.51. The van der Waals surface area contributed by atoms with Crippen LogP contribution in [0.1, 0.15) is 23.6 Å². The number of likely N-dealkylation sites (tertiary alicyclic amines) is 1. The minimum absolute atomic E-state index is 0.0602. The number of fused-ring (bicyclic) bond motifs is 5. The van der Waals surface area contributed by atoms with Crippen molar-refractivity contribution in [2.75, 3.05) is 20.2 Å².